The first-order valence-electron chi connectivity index (χ1n) is 14.8. The van der Waals surface area contributed by atoms with Crippen LogP contribution in [0.2, 0.25) is 0 Å². The minimum Gasteiger partial charge on any atom is -0.374 e. The Morgan fingerprint density at radius 1 is 1.09 bits per heavy atom. The van der Waals surface area contributed by atoms with Crippen LogP contribution in [0.4, 0.5) is 23.4 Å². The first-order chi connectivity index (χ1) is 21.6. The monoisotopic (exact) mass is 646 g/mol. The van der Waals surface area contributed by atoms with E-state index in [9.17, 15) is 27.6 Å². The molecule has 3 amide bonds. The topological polar surface area (TPSA) is 132 Å². The molecule has 1 aliphatic heterocycles. The predicted molar refractivity (Wildman–Crippen MR) is 162 cm³/mol. The molecule has 46 heavy (non-hydrogen) atoms. The third-order valence-electron chi connectivity index (χ3n) is 7.71. The van der Waals surface area contributed by atoms with Gasteiger partial charge in [-0.25, -0.2) is 9.37 Å². The molecule has 0 aliphatic carbocycles. The maximum atomic E-state index is 15.2. The van der Waals surface area contributed by atoms with E-state index in [4.69, 9.17) is 10.5 Å². The van der Waals surface area contributed by atoms with E-state index in [2.05, 4.69) is 22.5 Å². The summed E-state index contributed by atoms with van der Waals surface area (Å²) in [5.74, 6) is -2.71. The SMILES string of the molecule is CC1CCN(C(=O)C(c2ccc(C(F)(F)F)cc2F)n2cnc(NC(=O)C(COCc3ccccc3)NC(=O)C(C)(C)N)c2)CC1. The van der Waals surface area contributed by atoms with E-state index in [1.54, 1.807) is 4.90 Å². The molecule has 4 N–H and O–H groups in total. The van der Waals surface area contributed by atoms with Crippen molar-refractivity contribution in [1.29, 1.82) is 0 Å². The molecule has 0 saturated carbocycles. The lowest BCUT2D eigenvalue weighted by Gasteiger charge is -2.33. The van der Waals surface area contributed by atoms with Crippen molar-refractivity contribution in [3.63, 3.8) is 0 Å². The van der Waals surface area contributed by atoms with Gasteiger partial charge in [-0.05, 0) is 50.3 Å². The Bertz CT molecular complexity index is 1510. The molecule has 4 rings (SSSR count). The van der Waals surface area contributed by atoms with Gasteiger partial charge in [0.25, 0.3) is 5.91 Å². The van der Waals surface area contributed by atoms with Crippen LogP contribution >= 0.6 is 0 Å². The number of likely N-dealkylation sites (tertiary alicyclic amines) is 1. The summed E-state index contributed by atoms with van der Waals surface area (Å²) in [5.41, 5.74) is 3.98. The molecule has 0 bridgehead atoms. The lowest BCUT2D eigenvalue weighted by atomic mass is 9.97. The Morgan fingerprint density at radius 2 is 1.76 bits per heavy atom. The molecular formula is C32H38F4N6O4. The minimum absolute atomic E-state index is 0.0447. The molecule has 2 unspecified atom stereocenters. The van der Waals surface area contributed by atoms with Gasteiger partial charge in [0, 0.05) is 24.8 Å². The molecule has 2 heterocycles. The Balaban J connectivity index is 1.58. The van der Waals surface area contributed by atoms with Crippen LogP contribution in [0.3, 0.4) is 0 Å². The van der Waals surface area contributed by atoms with Crippen molar-refractivity contribution >= 4 is 23.5 Å². The van der Waals surface area contributed by atoms with Gasteiger partial charge in [-0.1, -0.05) is 43.3 Å². The number of nitrogens with zero attached hydrogens (tertiary/aromatic N) is 3. The molecule has 1 aliphatic rings. The zero-order valence-corrected chi connectivity index (χ0v) is 25.8. The molecule has 10 nitrogen and oxygen atoms in total. The van der Waals surface area contributed by atoms with Gasteiger partial charge >= 0.3 is 6.18 Å². The van der Waals surface area contributed by atoms with Gasteiger partial charge in [-0.15, -0.1) is 0 Å². The number of alkyl halides is 3. The zero-order chi connectivity index (χ0) is 33.6. The van der Waals surface area contributed by atoms with Gasteiger partial charge in [0.05, 0.1) is 30.6 Å². The third-order valence-corrected chi connectivity index (χ3v) is 7.71. The molecule has 0 radical (unpaired) electrons. The number of imidazole rings is 1. The van der Waals surface area contributed by atoms with Crippen LogP contribution in [0.5, 0.6) is 0 Å². The van der Waals surface area contributed by atoms with E-state index < -0.39 is 52.9 Å². The maximum absolute atomic E-state index is 15.2. The van der Waals surface area contributed by atoms with E-state index >= 15 is 4.39 Å². The molecule has 1 aromatic heterocycles. The number of carbonyl (C=O) groups excluding carboxylic acids is 3. The van der Waals surface area contributed by atoms with Crippen molar-refractivity contribution in [2.24, 2.45) is 11.7 Å². The van der Waals surface area contributed by atoms with E-state index in [1.807, 2.05) is 30.3 Å². The number of hydrogen-bond donors (Lipinski definition) is 3. The summed E-state index contributed by atoms with van der Waals surface area (Å²) in [4.78, 5) is 45.4. The predicted octanol–water partition coefficient (Wildman–Crippen LogP) is 4.27. The van der Waals surface area contributed by atoms with Gasteiger partial charge in [-0.3, -0.25) is 14.4 Å². The van der Waals surface area contributed by atoms with Crippen LogP contribution < -0.4 is 16.4 Å². The van der Waals surface area contributed by atoms with Gasteiger partial charge in [0.15, 0.2) is 5.82 Å². The number of ether oxygens (including phenoxy) is 1. The van der Waals surface area contributed by atoms with Crippen molar-refractivity contribution in [3.8, 4) is 0 Å². The van der Waals surface area contributed by atoms with Gasteiger partial charge < -0.3 is 30.6 Å². The number of piperidine rings is 1. The van der Waals surface area contributed by atoms with Gasteiger partial charge in [0.2, 0.25) is 11.8 Å². The van der Waals surface area contributed by atoms with Crippen LogP contribution in [-0.4, -0.2) is 63.4 Å². The van der Waals surface area contributed by atoms with E-state index in [-0.39, 0.29) is 24.6 Å². The average molecular weight is 647 g/mol. The quantitative estimate of drug-likeness (QED) is 0.267. The molecule has 3 aromatic rings. The van der Waals surface area contributed by atoms with E-state index in [0.29, 0.717) is 25.1 Å². The van der Waals surface area contributed by atoms with Crippen LogP contribution in [0.25, 0.3) is 0 Å². The highest BCUT2D eigenvalue weighted by atomic mass is 19.4. The number of nitrogens with one attached hydrogen (secondary N) is 2. The first-order valence-corrected chi connectivity index (χ1v) is 14.8. The van der Waals surface area contributed by atoms with Crippen LogP contribution in [0, 0.1) is 11.7 Å². The van der Waals surface area contributed by atoms with Crippen LogP contribution in [0.1, 0.15) is 56.3 Å². The molecule has 2 atom stereocenters. The number of benzene rings is 2. The lowest BCUT2D eigenvalue weighted by Crippen LogP contribution is -2.56. The second-order valence-electron chi connectivity index (χ2n) is 12.1. The number of hydrogen-bond acceptors (Lipinski definition) is 6. The number of nitrogens with two attached hydrogens (primary N) is 1. The fourth-order valence-electron chi connectivity index (χ4n) is 4.90. The first kappa shape index (κ1) is 34.6. The summed E-state index contributed by atoms with van der Waals surface area (Å²) in [6.07, 6.45) is -0.869. The second kappa shape index (κ2) is 14.4. The molecule has 1 saturated heterocycles. The summed E-state index contributed by atoms with van der Waals surface area (Å²) in [6.45, 7) is 5.76. The summed E-state index contributed by atoms with van der Waals surface area (Å²) >= 11 is 0. The number of halogens is 4. The van der Waals surface area contributed by atoms with Crippen molar-refractivity contribution in [2.45, 2.75) is 64.0 Å². The molecule has 1 fully saturated rings. The van der Waals surface area contributed by atoms with Crippen molar-refractivity contribution in [3.05, 3.63) is 83.6 Å². The molecule has 14 heteroatoms. The van der Waals surface area contributed by atoms with Crippen molar-refractivity contribution < 1.29 is 36.7 Å². The van der Waals surface area contributed by atoms with Gasteiger partial charge in [-0.2, -0.15) is 13.2 Å². The highest BCUT2D eigenvalue weighted by molar-refractivity contribution is 5.98. The number of rotatable bonds is 11. The lowest BCUT2D eigenvalue weighted by molar-refractivity contribution is -0.137. The van der Waals surface area contributed by atoms with E-state index in [0.717, 1.165) is 30.5 Å². The smallest absolute Gasteiger partial charge is 0.374 e. The normalized spacial score (nSPS) is 15.7. The van der Waals surface area contributed by atoms with Crippen molar-refractivity contribution in [2.75, 3.05) is 25.0 Å². The number of amides is 3. The van der Waals surface area contributed by atoms with Crippen LogP contribution in [0.15, 0.2) is 61.1 Å². The van der Waals surface area contributed by atoms with Gasteiger partial charge in [0.1, 0.15) is 17.9 Å². The second-order valence-corrected chi connectivity index (χ2v) is 12.1. The minimum atomic E-state index is -4.77. The third kappa shape index (κ3) is 8.91. The Labute approximate surface area is 264 Å². The summed E-state index contributed by atoms with van der Waals surface area (Å²) in [6, 6.07) is 8.62. The molecule has 248 valence electrons. The average Bonchev–Trinajstić information content (AvgIpc) is 3.45. The fraction of sp³-hybridized carbons (Fsp3) is 0.438. The number of aromatic nitrogens is 2. The Kier molecular flexibility index (Phi) is 10.8. The highest BCUT2D eigenvalue weighted by Gasteiger charge is 2.36. The molecule has 0 spiro atoms. The summed E-state index contributed by atoms with van der Waals surface area (Å²) < 4.78 is 62.0. The Hall–Kier alpha value is -4.30. The summed E-state index contributed by atoms with van der Waals surface area (Å²) in [5, 5.41) is 5.14. The zero-order valence-electron chi connectivity index (χ0n) is 25.8. The van der Waals surface area contributed by atoms with E-state index in [1.165, 1.54) is 30.9 Å². The highest BCUT2D eigenvalue weighted by Crippen LogP contribution is 2.33. The van der Waals surface area contributed by atoms with Crippen molar-refractivity contribution in [1.82, 2.24) is 19.8 Å². The van der Waals surface area contributed by atoms with Crippen LogP contribution in [-0.2, 0) is 31.9 Å². The summed E-state index contributed by atoms with van der Waals surface area (Å²) in [7, 11) is 0. The fourth-order valence-corrected chi connectivity index (χ4v) is 4.90. The standard InChI is InChI=1S/C32H38F4N6O4/c1-20-11-13-41(14-12-20)29(44)27(23-10-9-22(15-24(23)33)32(34,35)36)42-16-26(38-19-42)40-28(43)25(39-30(45)31(2,3)37)18-46-17-21-7-5-4-6-8-21/h4-10,15-16,19-20,25,27H,11-14,17-18,37H2,1-3H3,(H,39,45)(H,40,43). The molecule has 2 aromatic carbocycles. The Morgan fingerprint density at radius 3 is 2.37 bits per heavy atom. The number of carbonyl (C=O) groups is 3. The molecular weight excluding hydrogens is 608 g/mol. The maximum Gasteiger partial charge on any atom is 0.416 e. The number of anilines is 1. The largest absolute Gasteiger partial charge is 0.416 e.